The molecule has 3 rings (SSSR count). The van der Waals surface area contributed by atoms with Gasteiger partial charge < -0.3 is 5.73 Å². The van der Waals surface area contributed by atoms with E-state index in [1.54, 1.807) is 16.7 Å². The predicted octanol–water partition coefficient (Wildman–Crippen LogP) is 1.60. The summed E-state index contributed by atoms with van der Waals surface area (Å²) >= 11 is 0. The zero-order valence-corrected chi connectivity index (χ0v) is 13.7. The number of piperidine rings is 1. The molecule has 2 aromatic heterocycles. The summed E-state index contributed by atoms with van der Waals surface area (Å²) in [4.78, 5) is 19.2. The molecule has 1 unspecified atom stereocenters. The average Bonchev–Trinajstić information content (AvgIpc) is 2.49. The number of likely N-dealkylation sites (tertiary alicyclic amines) is 1. The van der Waals surface area contributed by atoms with E-state index in [4.69, 9.17) is 5.73 Å². The number of hydrogen-bond donors (Lipinski definition) is 1. The maximum absolute atomic E-state index is 12.2. The number of rotatable bonds is 3. The van der Waals surface area contributed by atoms with Crippen molar-refractivity contribution in [2.24, 2.45) is 11.7 Å². The van der Waals surface area contributed by atoms with E-state index in [-0.39, 0.29) is 18.0 Å². The highest BCUT2D eigenvalue weighted by Gasteiger charge is 2.19. The summed E-state index contributed by atoms with van der Waals surface area (Å²) in [7, 11) is 0. The highest BCUT2D eigenvalue weighted by molar-refractivity contribution is 5.85. The largest absolute Gasteiger partial charge is 0.330 e. The number of nitrogens with two attached hydrogens (primary N) is 1. The first-order valence-corrected chi connectivity index (χ1v) is 7.57. The Bertz CT molecular complexity index is 700. The zero-order valence-electron chi connectivity index (χ0n) is 12.9. The fourth-order valence-electron chi connectivity index (χ4n) is 3.11. The van der Waals surface area contributed by atoms with E-state index in [9.17, 15) is 4.79 Å². The topological polar surface area (TPSA) is 63.6 Å². The van der Waals surface area contributed by atoms with Gasteiger partial charge in [-0.25, -0.2) is 4.98 Å². The molecule has 0 amide bonds. The lowest BCUT2D eigenvalue weighted by Gasteiger charge is -2.31. The highest BCUT2D eigenvalue weighted by Crippen LogP contribution is 2.17. The molecule has 22 heavy (non-hydrogen) atoms. The quantitative estimate of drug-likeness (QED) is 0.932. The molecule has 6 heteroatoms. The molecule has 1 aliphatic rings. The van der Waals surface area contributed by atoms with Crippen molar-refractivity contribution in [2.75, 3.05) is 19.6 Å². The molecule has 1 fully saturated rings. The Morgan fingerprint density at radius 3 is 3.05 bits per heavy atom. The molecule has 2 aromatic rings. The molecule has 0 bridgehead atoms. The van der Waals surface area contributed by atoms with Crippen LogP contribution >= 0.6 is 12.4 Å². The molecule has 120 valence electrons. The van der Waals surface area contributed by atoms with Crippen LogP contribution in [0.3, 0.4) is 0 Å². The summed E-state index contributed by atoms with van der Waals surface area (Å²) in [5.74, 6) is 0.571. The Kier molecular flexibility index (Phi) is 5.56. The minimum Gasteiger partial charge on any atom is -0.330 e. The standard InChI is InChI=1S/C16H22N4O.ClH/c1-12-4-2-7-20-15(21)8-14(18-16(12)20)11-19-6-3-5-13(9-17)10-19;/h2,4,7-8,13H,3,5-6,9-11,17H2,1H3;1H. The number of halogens is 1. The summed E-state index contributed by atoms with van der Waals surface area (Å²) in [6.45, 7) is 5.52. The van der Waals surface area contributed by atoms with Crippen LogP contribution in [0, 0.1) is 12.8 Å². The highest BCUT2D eigenvalue weighted by atomic mass is 35.5. The Morgan fingerprint density at radius 1 is 1.45 bits per heavy atom. The van der Waals surface area contributed by atoms with Gasteiger partial charge in [-0.2, -0.15) is 0 Å². The molecule has 5 nitrogen and oxygen atoms in total. The molecule has 1 atom stereocenters. The summed E-state index contributed by atoms with van der Waals surface area (Å²) in [6.07, 6.45) is 4.15. The van der Waals surface area contributed by atoms with E-state index in [1.165, 1.54) is 12.8 Å². The van der Waals surface area contributed by atoms with E-state index in [1.807, 2.05) is 19.1 Å². The van der Waals surface area contributed by atoms with E-state index in [2.05, 4.69) is 9.88 Å². The first-order valence-electron chi connectivity index (χ1n) is 7.57. The van der Waals surface area contributed by atoms with Crippen LogP contribution in [-0.2, 0) is 6.54 Å². The van der Waals surface area contributed by atoms with Gasteiger partial charge in [0, 0.05) is 25.4 Å². The minimum atomic E-state index is -0.00826. The second-order valence-corrected chi connectivity index (χ2v) is 5.95. The summed E-state index contributed by atoms with van der Waals surface area (Å²) in [5.41, 5.74) is 8.41. The van der Waals surface area contributed by atoms with Gasteiger partial charge in [-0.15, -0.1) is 12.4 Å². The number of aryl methyl sites for hydroxylation is 1. The van der Waals surface area contributed by atoms with Crippen molar-refractivity contribution >= 4 is 18.1 Å². The third-order valence-corrected chi connectivity index (χ3v) is 4.26. The Balaban J connectivity index is 0.00000176. The van der Waals surface area contributed by atoms with Gasteiger partial charge in [0.05, 0.1) is 5.69 Å². The molecular formula is C16H23ClN4O. The molecule has 0 aromatic carbocycles. The third kappa shape index (κ3) is 3.48. The number of pyridine rings is 1. The molecule has 2 N–H and O–H groups in total. The predicted molar refractivity (Wildman–Crippen MR) is 90.5 cm³/mol. The molecule has 1 aliphatic heterocycles. The first kappa shape index (κ1) is 16.9. The van der Waals surface area contributed by atoms with Gasteiger partial charge in [-0.05, 0) is 50.4 Å². The van der Waals surface area contributed by atoms with Gasteiger partial charge in [0.25, 0.3) is 5.56 Å². The van der Waals surface area contributed by atoms with Crippen LogP contribution in [0.15, 0.2) is 29.2 Å². The number of nitrogens with zero attached hydrogens (tertiary/aromatic N) is 3. The fraction of sp³-hybridized carbons (Fsp3) is 0.500. The lowest BCUT2D eigenvalue weighted by molar-refractivity contribution is 0.169. The van der Waals surface area contributed by atoms with Crippen LogP contribution in [-0.4, -0.2) is 33.9 Å². The van der Waals surface area contributed by atoms with E-state index in [0.717, 1.165) is 43.1 Å². The van der Waals surface area contributed by atoms with E-state index >= 15 is 0 Å². The molecule has 0 spiro atoms. The van der Waals surface area contributed by atoms with Crippen molar-refractivity contribution in [3.8, 4) is 0 Å². The molecule has 1 saturated heterocycles. The SMILES string of the molecule is Cc1cccn2c(=O)cc(CN3CCCC(CN)C3)nc12.Cl. The summed E-state index contributed by atoms with van der Waals surface area (Å²) in [5, 5.41) is 0. The van der Waals surface area contributed by atoms with Gasteiger partial charge in [0.2, 0.25) is 0 Å². The minimum absolute atomic E-state index is 0. The molecule has 0 radical (unpaired) electrons. The fourth-order valence-corrected chi connectivity index (χ4v) is 3.11. The van der Waals surface area contributed by atoms with Crippen molar-refractivity contribution < 1.29 is 0 Å². The second kappa shape index (κ2) is 7.22. The van der Waals surface area contributed by atoms with Gasteiger partial charge in [-0.1, -0.05) is 6.07 Å². The smallest absolute Gasteiger partial charge is 0.258 e. The average molecular weight is 323 g/mol. The van der Waals surface area contributed by atoms with Crippen molar-refractivity contribution in [3.63, 3.8) is 0 Å². The number of aromatic nitrogens is 2. The third-order valence-electron chi connectivity index (χ3n) is 4.26. The second-order valence-electron chi connectivity index (χ2n) is 5.95. The number of hydrogen-bond acceptors (Lipinski definition) is 4. The van der Waals surface area contributed by atoms with Crippen LogP contribution in [0.2, 0.25) is 0 Å². The Labute approximate surface area is 136 Å². The Morgan fingerprint density at radius 2 is 2.27 bits per heavy atom. The van der Waals surface area contributed by atoms with Crippen LogP contribution < -0.4 is 11.3 Å². The molecule has 3 heterocycles. The Hall–Kier alpha value is -1.43. The van der Waals surface area contributed by atoms with Crippen LogP contribution in [0.25, 0.3) is 5.65 Å². The monoisotopic (exact) mass is 322 g/mol. The van der Waals surface area contributed by atoms with Gasteiger partial charge >= 0.3 is 0 Å². The van der Waals surface area contributed by atoms with Gasteiger partial charge in [0.15, 0.2) is 0 Å². The summed E-state index contributed by atoms with van der Waals surface area (Å²) in [6, 6.07) is 5.51. The van der Waals surface area contributed by atoms with Crippen molar-refractivity contribution in [2.45, 2.75) is 26.3 Å². The maximum Gasteiger partial charge on any atom is 0.258 e. The first-order chi connectivity index (χ1) is 10.2. The summed E-state index contributed by atoms with van der Waals surface area (Å²) < 4.78 is 1.61. The number of fused-ring (bicyclic) bond motifs is 1. The van der Waals surface area contributed by atoms with Crippen LogP contribution in [0.4, 0.5) is 0 Å². The van der Waals surface area contributed by atoms with Crippen molar-refractivity contribution in [1.29, 1.82) is 0 Å². The van der Waals surface area contributed by atoms with Crippen LogP contribution in [0.1, 0.15) is 24.1 Å². The molecular weight excluding hydrogens is 300 g/mol. The molecule has 0 saturated carbocycles. The van der Waals surface area contributed by atoms with Gasteiger partial charge in [0.1, 0.15) is 5.65 Å². The zero-order chi connectivity index (χ0) is 14.8. The lowest BCUT2D eigenvalue weighted by atomic mass is 9.98. The van der Waals surface area contributed by atoms with Gasteiger partial charge in [-0.3, -0.25) is 14.1 Å². The van der Waals surface area contributed by atoms with Crippen molar-refractivity contribution in [3.05, 3.63) is 46.0 Å². The lowest BCUT2D eigenvalue weighted by Crippen LogP contribution is -2.38. The van der Waals surface area contributed by atoms with E-state index in [0.29, 0.717) is 5.92 Å². The normalized spacial score (nSPS) is 19.1. The molecule has 0 aliphatic carbocycles. The maximum atomic E-state index is 12.2. The van der Waals surface area contributed by atoms with Crippen LogP contribution in [0.5, 0.6) is 0 Å². The van der Waals surface area contributed by atoms with E-state index < -0.39 is 0 Å². The van der Waals surface area contributed by atoms with Crippen molar-refractivity contribution in [1.82, 2.24) is 14.3 Å².